The highest BCUT2D eigenvalue weighted by Gasteiger charge is 2.37. The summed E-state index contributed by atoms with van der Waals surface area (Å²) in [5.74, 6) is -1.00. The summed E-state index contributed by atoms with van der Waals surface area (Å²) in [6.07, 6.45) is 1.34. The van der Waals surface area contributed by atoms with Gasteiger partial charge in [-0.3, -0.25) is 9.59 Å². The third-order valence-electron chi connectivity index (χ3n) is 4.95. The van der Waals surface area contributed by atoms with Crippen molar-refractivity contribution in [3.63, 3.8) is 0 Å². The second kappa shape index (κ2) is 7.60. The molecule has 0 spiro atoms. The molecule has 1 atom stereocenters. The zero-order valence-electron chi connectivity index (χ0n) is 15.0. The van der Waals surface area contributed by atoms with Crippen molar-refractivity contribution < 1.29 is 22.7 Å². The number of anilines is 1. The van der Waals surface area contributed by atoms with E-state index >= 15 is 0 Å². The first-order valence-corrected chi connectivity index (χ1v) is 11.1. The summed E-state index contributed by atoms with van der Waals surface area (Å²) in [6.45, 7) is 0.501. The molecule has 0 bridgehead atoms. The lowest BCUT2D eigenvalue weighted by molar-refractivity contribution is -0.112. The molecule has 0 aromatic heterocycles. The highest BCUT2D eigenvalue weighted by molar-refractivity contribution is 7.89. The van der Waals surface area contributed by atoms with E-state index in [0.29, 0.717) is 40.9 Å². The van der Waals surface area contributed by atoms with E-state index in [0.717, 1.165) is 0 Å². The molecule has 2 aliphatic heterocycles. The summed E-state index contributed by atoms with van der Waals surface area (Å²) in [5, 5.41) is 3.17. The Labute approximate surface area is 177 Å². The number of hydrogen-bond donors (Lipinski definition) is 1. The Balaban J connectivity index is 1.54. The molecular formula is C19H16Cl2N2O5S. The number of nitrogens with zero attached hydrogens (tertiary/aromatic N) is 1. The van der Waals surface area contributed by atoms with Gasteiger partial charge in [0.25, 0.3) is 11.7 Å². The number of nitrogens with one attached hydrogen (secondary N) is 1. The second-order valence-corrected chi connectivity index (χ2v) is 9.49. The Morgan fingerprint density at radius 2 is 1.90 bits per heavy atom. The number of Topliss-reactive ketones (excluding diaryl/α,β-unsaturated/α-hetero) is 1. The maximum Gasteiger partial charge on any atom is 0.296 e. The van der Waals surface area contributed by atoms with Gasteiger partial charge in [0.15, 0.2) is 0 Å². The topological polar surface area (TPSA) is 92.8 Å². The van der Waals surface area contributed by atoms with Crippen LogP contribution in [-0.2, 0) is 14.8 Å². The molecule has 1 saturated heterocycles. The summed E-state index contributed by atoms with van der Waals surface area (Å²) in [4.78, 5) is 23.4. The first kappa shape index (κ1) is 20.2. The maximum absolute atomic E-state index is 13.2. The fourth-order valence-corrected chi connectivity index (χ4v) is 5.46. The average Bonchev–Trinajstić information content (AvgIpc) is 3.28. The van der Waals surface area contributed by atoms with E-state index in [2.05, 4.69) is 5.32 Å². The number of rotatable bonds is 5. The van der Waals surface area contributed by atoms with Crippen LogP contribution in [0.4, 0.5) is 5.69 Å². The van der Waals surface area contributed by atoms with Crippen molar-refractivity contribution in [3.8, 4) is 5.75 Å². The first-order valence-electron chi connectivity index (χ1n) is 8.87. The van der Waals surface area contributed by atoms with Gasteiger partial charge in [-0.25, -0.2) is 8.42 Å². The van der Waals surface area contributed by atoms with Gasteiger partial charge in [0.1, 0.15) is 12.4 Å². The van der Waals surface area contributed by atoms with E-state index in [1.54, 1.807) is 18.2 Å². The normalized spacial score (nSPS) is 19.3. The van der Waals surface area contributed by atoms with E-state index < -0.39 is 21.7 Å². The third-order valence-corrected chi connectivity index (χ3v) is 7.64. The number of ketones is 1. The number of fused-ring (bicyclic) bond motifs is 1. The summed E-state index contributed by atoms with van der Waals surface area (Å²) < 4.78 is 33.4. The van der Waals surface area contributed by atoms with Gasteiger partial charge < -0.3 is 10.1 Å². The second-order valence-electron chi connectivity index (χ2n) is 6.79. The molecule has 0 saturated carbocycles. The predicted molar refractivity (Wildman–Crippen MR) is 108 cm³/mol. The summed E-state index contributed by atoms with van der Waals surface area (Å²) >= 11 is 11.9. The lowest BCUT2D eigenvalue weighted by atomic mass is 10.1. The van der Waals surface area contributed by atoms with E-state index in [1.165, 1.54) is 22.5 Å². The van der Waals surface area contributed by atoms with E-state index in [1.807, 2.05) is 0 Å². The number of halogens is 2. The Morgan fingerprint density at radius 3 is 2.66 bits per heavy atom. The molecule has 2 aliphatic rings. The molecule has 10 heteroatoms. The van der Waals surface area contributed by atoms with E-state index in [4.69, 9.17) is 27.9 Å². The van der Waals surface area contributed by atoms with Gasteiger partial charge in [0, 0.05) is 12.6 Å². The third kappa shape index (κ3) is 3.73. The highest BCUT2D eigenvalue weighted by atomic mass is 35.5. The lowest BCUT2D eigenvalue weighted by Crippen LogP contribution is -2.39. The molecule has 29 heavy (non-hydrogen) atoms. The van der Waals surface area contributed by atoms with E-state index in [-0.39, 0.29) is 23.1 Å². The number of benzene rings is 2. The van der Waals surface area contributed by atoms with Crippen LogP contribution in [0, 0.1) is 0 Å². The SMILES string of the molecule is O=C1Nc2ccc(S(=O)(=O)N3CCCC3COc3ccc(Cl)c(Cl)c3)cc2C1=O. The minimum Gasteiger partial charge on any atom is -0.492 e. The minimum absolute atomic E-state index is 0.0254. The smallest absolute Gasteiger partial charge is 0.296 e. The molecular weight excluding hydrogens is 439 g/mol. The molecule has 1 unspecified atom stereocenters. The van der Waals surface area contributed by atoms with Gasteiger partial charge in [0.2, 0.25) is 10.0 Å². The molecule has 152 valence electrons. The van der Waals surface area contributed by atoms with Gasteiger partial charge in [-0.15, -0.1) is 0 Å². The molecule has 2 aromatic carbocycles. The van der Waals surface area contributed by atoms with Crippen LogP contribution in [0.25, 0.3) is 0 Å². The van der Waals surface area contributed by atoms with Crippen molar-refractivity contribution >= 4 is 50.6 Å². The van der Waals surface area contributed by atoms with Crippen LogP contribution in [0.2, 0.25) is 10.0 Å². The fraction of sp³-hybridized carbons (Fsp3) is 0.263. The quantitative estimate of drug-likeness (QED) is 0.699. The Kier molecular flexibility index (Phi) is 5.29. The van der Waals surface area contributed by atoms with Crippen LogP contribution in [0.1, 0.15) is 23.2 Å². The largest absolute Gasteiger partial charge is 0.492 e. The van der Waals surface area contributed by atoms with Gasteiger partial charge in [-0.2, -0.15) is 4.31 Å². The monoisotopic (exact) mass is 454 g/mol. The van der Waals surface area contributed by atoms with Gasteiger partial charge >= 0.3 is 0 Å². The van der Waals surface area contributed by atoms with Crippen LogP contribution in [0.3, 0.4) is 0 Å². The summed E-state index contributed by atoms with van der Waals surface area (Å²) in [7, 11) is -3.85. The Hall–Kier alpha value is -2.13. The van der Waals surface area contributed by atoms with Crippen molar-refractivity contribution in [2.75, 3.05) is 18.5 Å². The van der Waals surface area contributed by atoms with Crippen molar-refractivity contribution in [3.05, 3.63) is 52.0 Å². The van der Waals surface area contributed by atoms with Crippen LogP contribution >= 0.6 is 23.2 Å². The van der Waals surface area contributed by atoms with Crippen LogP contribution in [-0.4, -0.2) is 43.6 Å². The molecule has 1 amide bonds. The molecule has 0 aliphatic carbocycles. The van der Waals surface area contributed by atoms with E-state index in [9.17, 15) is 18.0 Å². The molecule has 2 aromatic rings. The molecule has 2 heterocycles. The summed E-state index contributed by atoms with van der Waals surface area (Å²) in [6, 6.07) is 8.56. The number of ether oxygens (including phenoxy) is 1. The molecule has 7 nitrogen and oxygen atoms in total. The number of hydrogen-bond acceptors (Lipinski definition) is 5. The van der Waals surface area contributed by atoms with Crippen LogP contribution in [0.15, 0.2) is 41.3 Å². The average molecular weight is 455 g/mol. The highest BCUT2D eigenvalue weighted by Crippen LogP contribution is 2.32. The molecule has 0 radical (unpaired) electrons. The standard InChI is InChI=1S/C19H16Cl2N2O5S/c20-15-5-3-12(8-16(15)21)28-10-11-2-1-7-23(11)29(26,27)13-4-6-17-14(9-13)18(24)19(25)22-17/h3-6,8-9,11H,1-2,7,10H2,(H,22,24,25). The summed E-state index contributed by atoms with van der Waals surface area (Å²) in [5.41, 5.74) is 0.388. The Bertz CT molecular complexity index is 1120. The fourth-order valence-electron chi connectivity index (χ4n) is 3.47. The molecule has 1 fully saturated rings. The lowest BCUT2D eigenvalue weighted by Gasteiger charge is -2.24. The van der Waals surface area contributed by atoms with Crippen LogP contribution < -0.4 is 10.1 Å². The number of carbonyl (C=O) groups is 2. The van der Waals surface area contributed by atoms with Gasteiger partial charge in [-0.05, 0) is 43.2 Å². The molecule has 4 rings (SSSR count). The van der Waals surface area contributed by atoms with Gasteiger partial charge in [-0.1, -0.05) is 23.2 Å². The van der Waals surface area contributed by atoms with Crippen molar-refractivity contribution in [1.82, 2.24) is 4.31 Å². The number of amides is 1. The molecule has 1 N–H and O–H groups in total. The minimum atomic E-state index is -3.85. The first-order chi connectivity index (χ1) is 13.8. The van der Waals surface area contributed by atoms with Crippen molar-refractivity contribution in [2.45, 2.75) is 23.8 Å². The van der Waals surface area contributed by atoms with Crippen molar-refractivity contribution in [2.24, 2.45) is 0 Å². The van der Waals surface area contributed by atoms with Gasteiger partial charge in [0.05, 0.1) is 32.2 Å². The predicted octanol–water partition coefficient (Wildman–Crippen LogP) is 3.36. The zero-order valence-corrected chi connectivity index (χ0v) is 17.4. The van der Waals surface area contributed by atoms with Crippen molar-refractivity contribution in [1.29, 1.82) is 0 Å². The number of carbonyl (C=O) groups excluding carboxylic acids is 2. The Morgan fingerprint density at radius 1 is 1.10 bits per heavy atom. The number of sulfonamides is 1. The maximum atomic E-state index is 13.2. The van der Waals surface area contributed by atoms with Crippen LogP contribution in [0.5, 0.6) is 5.75 Å². The zero-order chi connectivity index (χ0) is 20.8.